The lowest BCUT2D eigenvalue weighted by Crippen LogP contribution is -2.27. The number of nitrogens with one attached hydrogen (secondary N) is 1. The number of halogens is 1. The molecule has 28 heavy (non-hydrogen) atoms. The van der Waals surface area contributed by atoms with Crippen molar-refractivity contribution in [3.05, 3.63) is 62.4 Å². The van der Waals surface area contributed by atoms with Crippen LogP contribution in [0.4, 0.5) is 0 Å². The highest BCUT2D eigenvalue weighted by molar-refractivity contribution is 9.10. The van der Waals surface area contributed by atoms with Gasteiger partial charge in [-0.3, -0.25) is 9.69 Å². The Balaban J connectivity index is 1.57. The Kier molecular flexibility index (Phi) is 7.79. The monoisotopic (exact) mass is 477 g/mol. The summed E-state index contributed by atoms with van der Waals surface area (Å²) in [5.74, 6) is 0.00172. The molecule has 3 aromatic rings. The first-order valence-electron chi connectivity index (χ1n) is 9.33. The summed E-state index contributed by atoms with van der Waals surface area (Å²) in [5.41, 5.74) is 3.26. The lowest BCUT2D eigenvalue weighted by molar-refractivity contribution is -0.120. The van der Waals surface area contributed by atoms with Gasteiger partial charge in [0, 0.05) is 28.3 Å². The van der Waals surface area contributed by atoms with Crippen molar-refractivity contribution >= 4 is 44.5 Å². The van der Waals surface area contributed by atoms with Crippen LogP contribution in [0.3, 0.4) is 0 Å². The summed E-state index contributed by atoms with van der Waals surface area (Å²) in [4.78, 5) is 20.5. The predicted molar refractivity (Wildman–Crippen MR) is 122 cm³/mol. The molecule has 0 aliphatic heterocycles. The highest BCUT2D eigenvalue weighted by Crippen LogP contribution is 2.32. The zero-order valence-electron chi connectivity index (χ0n) is 16.1. The Bertz CT molecular complexity index is 918. The fourth-order valence-electron chi connectivity index (χ4n) is 2.92. The van der Waals surface area contributed by atoms with Crippen molar-refractivity contribution in [1.82, 2.24) is 15.2 Å². The molecular formula is C21H24BrN3OS2. The van der Waals surface area contributed by atoms with E-state index in [2.05, 4.69) is 69.2 Å². The van der Waals surface area contributed by atoms with Crippen molar-refractivity contribution < 1.29 is 4.79 Å². The van der Waals surface area contributed by atoms with Gasteiger partial charge in [0.15, 0.2) is 0 Å². The maximum Gasteiger partial charge on any atom is 0.226 e. The van der Waals surface area contributed by atoms with E-state index in [1.54, 1.807) is 22.7 Å². The van der Waals surface area contributed by atoms with Crippen LogP contribution in [0.2, 0.25) is 0 Å². The number of aromatic nitrogens is 1. The molecule has 0 bridgehead atoms. The van der Waals surface area contributed by atoms with Gasteiger partial charge in [0.05, 0.1) is 17.0 Å². The number of nitrogens with zero attached hydrogens (tertiary/aromatic N) is 2. The molecule has 2 heterocycles. The van der Waals surface area contributed by atoms with Crippen LogP contribution < -0.4 is 5.32 Å². The molecule has 1 N–H and O–H groups in total. The minimum atomic E-state index is 0.00172. The molecule has 0 radical (unpaired) electrons. The highest BCUT2D eigenvalue weighted by Gasteiger charge is 2.12. The fourth-order valence-corrected chi connectivity index (χ4v) is 5.25. The molecule has 4 nitrogen and oxygen atoms in total. The largest absolute Gasteiger partial charge is 0.352 e. The molecule has 0 unspecified atom stereocenters. The van der Waals surface area contributed by atoms with Crippen LogP contribution in [0.15, 0.2) is 45.6 Å². The van der Waals surface area contributed by atoms with E-state index in [1.807, 2.05) is 16.8 Å². The average Bonchev–Trinajstić information content (AvgIpc) is 3.34. The van der Waals surface area contributed by atoms with Gasteiger partial charge in [-0.1, -0.05) is 38.1 Å². The Labute approximate surface area is 182 Å². The zero-order valence-corrected chi connectivity index (χ0v) is 19.3. The molecule has 0 atom stereocenters. The van der Waals surface area contributed by atoms with Crippen molar-refractivity contribution in [1.29, 1.82) is 0 Å². The van der Waals surface area contributed by atoms with E-state index in [-0.39, 0.29) is 5.91 Å². The Morgan fingerprint density at radius 1 is 1.14 bits per heavy atom. The van der Waals surface area contributed by atoms with Gasteiger partial charge in [-0.05, 0) is 46.2 Å². The van der Waals surface area contributed by atoms with Gasteiger partial charge in [0.2, 0.25) is 5.91 Å². The zero-order chi connectivity index (χ0) is 19.9. The first kappa shape index (κ1) is 21.2. The standard InChI is InChI=1S/C21H24BrN3OS2/c1-3-25(4-2)12-16-8-6-5-7-15(16)11-23-20(26)10-18-14-28-21(24-18)19-9-17(22)13-27-19/h5-9,13-14H,3-4,10-12H2,1-2H3,(H,23,26). The average molecular weight is 478 g/mol. The van der Waals surface area contributed by atoms with E-state index >= 15 is 0 Å². The molecule has 0 saturated carbocycles. The van der Waals surface area contributed by atoms with Crippen molar-refractivity contribution in [3.63, 3.8) is 0 Å². The number of amides is 1. The fraction of sp³-hybridized carbons (Fsp3) is 0.333. The number of thiazole rings is 1. The lowest BCUT2D eigenvalue weighted by Gasteiger charge is -2.20. The maximum absolute atomic E-state index is 12.4. The molecule has 148 valence electrons. The second kappa shape index (κ2) is 10.3. The summed E-state index contributed by atoms with van der Waals surface area (Å²) in [6.45, 7) is 7.83. The van der Waals surface area contributed by atoms with Gasteiger partial charge in [-0.15, -0.1) is 22.7 Å². The van der Waals surface area contributed by atoms with Crippen LogP contribution in [-0.2, 0) is 24.3 Å². The van der Waals surface area contributed by atoms with Crippen molar-refractivity contribution in [2.75, 3.05) is 13.1 Å². The van der Waals surface area contributed by atoms with Crippen LogP contribution >= 0.6 is 38.6 Å². The van der Waals surface area contributed by atoms with Crippen molar-refractivity contribution in [3.8, 4) is 9.88 Å². The number of rotatable bonds is 9. The number of carbonyl (C=O) groups excluding carboxylic acids is 1. The van der Waals surface area contributed by atoms with Gasteiger partial charge >= 0.3 is 0 Å². The first-order valence-corrected chi connectivity index (χ1v) is 11.9. The van der Waals surface area contributed by atoms with Gasteiger partial charge in [-0.25, -0.2) is 4.98 Å². The summed E-state index contributed by atoms with van der Waals surface area (Å²) < 4.78 is 1.06. The molecule has 3 rings (SSSR count). The summed E-state index contributed by atoms with van der Waals surface area (Å²) in [6.07, 6.45) is 0.307. The van der Waals surface area contributed by atoms with Gasteiger partial charge in [0.25, 0.3) is 0 Å². The summed E-state index contributed by atoms with van der Waals surface area (Å²) in [5, 5.41) is 8.02. The SMILES string of the molecule is CCN(CC)Cc1ccccc1CNC(=O)Cc1csc(-c2cc(Br)cs2)n1. The van der Waals surface area contributed by atoms with E-state index < -0.39 is 0 Å². The van der Waals surface area contributed by atoms with Crippen LogP contribution in [0.1, 0.15) is 30.7 Å². The quantitative estimate of drug-likeness (QED) is 0.452. The Morgan fingerprint density at radius 2 is 1.89 bits per heavy atom. The van der Waals surface area contributed by atoms with Crippen LogP contribution in [0.25, 0.3) is 9.88 Å². The number of carbonyl (C=O) groups is 1. The van der Waals surface area contributed by atoms with Gasteiger partial charge in [0.1, 0.15) is 5.01 Å². The van der Waals surface area contributed by atoms with Gasteiger partial charge < -0.3 is 5.32 Å². The summed E-state index contributed by atoms with van der Waals surface area (Å²) >= 11 is 6.70. The van der Waals surface area contributed by atoms with Crippen LogP contribution in [0.5, 0.6) is 0 Å². The molecule has 0 fully saturated rings. The number of hydrogen-bond acceptors (Lipinski definition) is 5. The highest BCUT2D eigenvalue weighted by atomic mass is 79.9. The maximum atomic E-state index is 12.4. The molecule has 0 saturated heterocycles. The summed E-state index contributed by atoms with van der Waals surface area (Å²) in [6, 6.07) is 10.4. The summed E-state index contributed by atoms with van der Waals surface area (Å²) in [7, 11) is 0. The third-order valence-corrected chi connectivity index (χ3v) is 7.31. The van der Waals surface area contributed by atoms with Crippen molar-refractivity contribution in [2.24, 2.45) is 0 Å². The molecule has 0 aliphatic carbocycles. The molecule has 1 aromatic carbocycles. The normalized spacial score (nSPS) is 11.1. The molecule has 0 spiro atoms. The minimum absolute atomic E-state index is 0.00172. The van der Waals surface area contributed by atoms with Gasteiger partial charge in [-0.2, -0.15) is 0 Å². The molecular weight excluding hydrogens is 454 g/mol. The second-order valence-electron chi connectivity index (χ2n) is 6.46. The van der Waals surface area contributed by atoms with E-state index in [4.69, 9.17) is 0 Å². The van der Waals surface area contributed by atoms with Crippen LogP contribution in [0, 0.1) is 0 Å². The third-order valence-electron chi connectivity index (χ3n) is 4.55. The third kappa shape index (κ3) is 5.73. The minimum Gasteiger partial charge on any atom is -0.352 e. The Morgan fingerprint density at radius 3 is 2.57 bits per heavy atom. The van der Waals surface area contributed by atoms with E-state index in [0.717, 1.165) is 39.7 Å². The van der Waals surface area contributed by atoms with E-state index in [0.29, 0.717) is 13.0 Å². The lowest BCUT2D eigenvalue weighted by atomic mass is 10.1. The molecule has 1 amide bonds. The number of benzene rings is 1. The number of thiophene rings is 1. The van der Waals surface area contributed by atoms with Crippen LogP contribution in [-0.4, -0.2) is 28.9 Å². The first-order chi connectivity index (χ1) is 13.6. The second-order valence-corrected chi connectivity index (χ2v) is 9.14. The molecule has 2 aromatic heterocycles. The predicted octanol–water partition coefficient (Wildman–Crippen LogP) is 5.33. The van der Waals surface area contributed by atoms with E-state index in [1.165, 1.54) is 11.1 Å². The van der Waals surface area contributed by atoms with E-state index in [9.17, 15) is 4.79 Å². The topological polar surface area (TPSA) is 45.2 Å². The molecule has 7 heteroatoms. The molecule has 0 aliphatic rings. The Hall–Kier alpha value is -1.54. The smallest absolute Gasteiger partial charge is 0.226 e. The van der Waals surface area contributed by atoms with Crippen molar-refractivity contribution in [2.45, 2.75) is 33.4 Å². The number of hydrogen-bond donors (Lipinski definition) is 1.